The van der Waals surface area contributed by atoms with Crippen molar-refractivity contribution in [3.05, 3.63) is 130 Å². The molecule has 0 amide bonds. The van der Waals surface area contributed by atoms with Crippen molar-refractivity contribution in [2.24, 2.45) is 0 Å². The molecule has 2 aliphatic carbocycles. The molecule has 0 aliphatic heterocycles. The van der Waals surface area contributed by atoms with Crippen molar-refractivity contribution in [1.29, 1.82) is 0 Å². The molecule has 0 atom stereocenters. The smallest absolute Gasteiger partial charge is 0.503 e. The van der Waals surface area contributed by atoms with E-state index in [4.69, 9.17) is 14.7 Å². The molecule has 4 nitrogen and oxygen atoms in total. The van der Waals surface area contributed by atoms with E-state index in [1.54, 1.807) is 0 Å². The average Bonchev–Trinajstić information content (AvgIpc) is 3.55. The zero-order valence-corrected chi connectivity index (χ0v) is 30.8. The van der Waals surface area contributed by atoms with Crippen LogP contribution < -0.4 is 4.74 Å². The molecule has 0 bridgehead atoms. The molecule has 0 N–H and O–H groups in total. The monoisotopic (exact) mass is 796 g/mol. The van der Waals surface area contributed by atoms with Crippen molar-refractivity contribution in [3.8, 4) is 17.3 Å². The quantitative estimate of drug-likeness (QED) is 0.168. The molecule has 0 unspecified atom stereocenters. The minimum absolute atomic E-state index is 0. The Morgan fingerprint density at radius 3 is 2.19 bits per heavy atom. The number of nitrogens with zero attached hydrogens (tertiary/aromatic N) is 3. The fourth-order valence-electron chi connectivity index (χ4n) is 7.86. The molecule has 0 radical (unpaired) electrons. The van der Waals surface area contributed by atoms with E-state index in [-0.39, 0.29) is 37.3 Å². The fraction of sp³-hybridized carbons (Fsp3) is 0.286. The van der Waals surface area contributed by atoms with Crippen LogP contribution in [0, 0.1) is 26.0 Å². The van der Waals surface area contributed by atoms with Gasteiger partial charge in [-0.1, -0.05) is 95.5 Å². The topological polar surface area (TPSA) is 39.9 Å². The second kappa shape index (κ2) is 10.5. The van der Waals surface area contributed by atoms with Crippen LogP contribution >= 0.6 is 0 Å². The van der Waals surface area contributed by atoms with Gasteiger partial charge in [0.15, 0.2) is 0 Å². The van der Waals surface area contributed by atoms with Crippen molar-refractivity contribution in [2.75, 3.05) is 0 Å². The number of aryl methyl sites for hydroxylation is 2. The van der Waals surface area contributed by atoms with Crippen LogP contribution in [0.15, 0.2) is 78.6 Å². The van der Waals surface area contributed by atoms with Gasteiger partial charge in [-0.05, 0) is 64.5 Å². The molecule has 8 rings (SSSR count). The van der Waals surface area contributed by atoms with Gasteiger partial charge in [-0.15, -0.1) is 40.8 Å². The zero-order valence-electron chi connectivity index (χ0n) is 28.5. The minimum atomic E-state index is -0.156. The van der Waals surface area contributed by atoms with Crippen molar-refractivity contribution in [1.82, 2.24) is 14.5 Å². The van der Waals surface area contributed by atoms with Gasteiger partial charge < -0.3 is 9.30 Å². The van der Waals surface area contributed by atoms with Crippen LogP contribution in [0.1, 0.15) is 87.5 Å². The van der Waals surface area contributed by atoms with Gasteiger partial charge in [0.2, 0.25) is 0 Å². The number of ether oxygens (including phenoxy) is 1. The van der Waals surface area contributed by atoms with Crippen LogP contribution in [-0.2, 0) is 37.3 Å². The third-order valence-corrected chi connectivity index (χ3v) is 10.4. The van der Waals surface area contributed by atoms with Gasteiger partial charge in [-0.3, -0.25) is 4.98 Å². The second-order valence-electron chi connectivity index (χ2n) is 15.1. The molecule has 47 heavy (non-hydrogen) atoms. The summed E-state index contributed by atoms with van der Waals surface area (Å²) in [5.74, 6) is 2.18. The van der Waals surface area contributed by atoms with Gasteiger partial charge in [0, 0.05) is 40.5 Å². The molecule has 0 fully saturated rings. The van der Waals surface area contributed by atoms with E-state index in [2.05, 4.69) is 134 Å². The summed E-state index contributed by atoms with van der Waals surface area (Å²) in [4.78, 5) is 9.93. The molecule has 0 spiro atoms. The number of para-hydroxylation sites is 1. The number of rotatable bonds is 3. The predicted molar refractivity (Wildman–Crippen MR) is 187 cm³/mol. The first-order chi connectivity index (χ1) is 21.8. The van der Waals surface area contributed by atoms with Gasteiger partial charge in [0.1, 0.15) is 5.82 Å². The Bertz CT molecular complexity index is 2300. The maximum absolute atomic E-state index is 6.57. The Hall–Kier alpha value is -4.01. The maximum atomic E-state index is 6.57. The fourth-order valence-corrected chi connectivity index (χ4v) is 7.86. The van der Waals surface area contributed by atoms with E-state index in [1.807, 2.05) is 18.3 Å². The number of allylic oxidation sites excluding steroid dienone is 1. The summed E-state index contributed by atoms with van der Waals surface area (Å²) in [6.07, 6.45) is 4.00. The van der Waals surface area contributed by atoms with E-state index in [9.17, 15) is 0 Å². The van der Waals surface area contributed by atoms with Gasteiger partial charge in [0.25, 0.3) is 0 Å². The Morgan fingerprint density at radius 2 is 1.45 bits per heavy atom. The normalized spacial score (nSPS) is 15.9. The van der Waals surface area contributed by atoms with Crippen molar-refractivity contribution < 1.29 is 25.8 Å². The first-order valence-corrected chi connectivity index (χ1v) is 16.2. The number of hydrogen-bond acceptors (Lipinski definition) is 3. The van der Waals surface area contributed by atoms with Crippen molar-refractivity contribution >= 4 is 27.4 Å². The molecule has 2 aliphatic rings. The van der Waals surface area contributed by atoms with E-state index in [1.165, 1.54) is 39.0 Å². The van der Waals surface area contributed by atoms with Gasteiger partial charge >= 0.3 is 21.1 Å². The SMILES string of the molecule is Cc1cnc(-n2c3[c-]c(Oc4[c-]c5c(cc4)C(C)(C)C4=C5c5ncc(C(C)(C)C)cc5C4(C)C)ccc3c3ccccc32)cc1C.[Pt+2]. The summed E-state index contributed by atoms with van der Waals surface area (Å²) < 4.78 is 8.76. The molecular formula is C42H39N3OPt. The third kappa shape index (κ3) is 4.59. The summed E-state index contributed by atoms with van der Waals surface area (Å²) in [7, 11) is 0. The summed E-state index contributed by atoms with van der Waals surface area (Å²) in [5, 5.41) is 2.28. The van der Waals surface area contributed by atoms with E-state index < -0.39 is 0 Å². The minimum Gasteiger partial charge on any atom is -0.503 e. The summed E-state index contributed by atoms with van der Waals surface area (Å²) in [6.45, 7) is 20.3. The molecule has 3 aromatic heterocycles. The molecule has 5 heteroatoms. The average molecular weight is 797 g/mol. The first-order valence-electron chi connectivity index (χ1n) is 16.2. The van der Waals surface area contributed by atoms with Gasteiger partial charge in [-0.25, -0.2) is 4.98 Å². The summed E-state index contributed by atoms with van der Waals surface area (Å²) >= 11 is 0. The van der Waals surface area contributed by atoms with Crippen LogP contribution in [0.5, 0.6) is 11.5 Å². The molecule has 3 aromatic carbocycles. The Morgan fingerprint density at radius 1 is 0.745 bits per heavy atom. The van der Waals surface area contributed by atoms with Gasteiger partial charge in [0.05, 0.1) is 0 Å². The van der Waals surface area contributed by atoms with E-state index in [0.29, 0.717) is 11.5 Å². The zero-order chi connectivity index (χ0) is 32.3. The Balaban J connectivity index is 0.00000351. The molecule has 3 heterocycles. The Labute approximate surface area is 292 Å². The van der Waals surface area contributed by atoms with E-state index in [0.717, 1.165) is 38.9 Å². The number of aromatic nitrogens is 3. The largest absolute Gasteiger partial charge is 2.00 e. The van der Waals surface area contributed by atoms with Crippen LogP contribution in [0.3, 0.4) is 0 Å². The molecule has 6 aromatic rings. The Kier molecular flexibility index (Phi) is 7.05. The summed E-state index contributed by atoms with van der Waals surface area (Å²) in [6, 6.07) is 28.7. The molecular weight excluding hydrogens is 758 g/mol. The van der Waals surface area contributed by atoms with Crippen LogP contribution in [0.25, 0.3) is 33.2 Å². The number of benzene rings is 3. The van der Waals surface area contributed by atoms with Crippen LogP contribution in [0.4, 0.5) is 0 Å². The predicted octanol–water partition coefficient (Wildman–Crippen LogP) is 10.3. The first kappa shape index (κ1) is 31.6. The van der Waals surface area contributed by atoms with Crippen LogP contribution in [0.2, 0.25) is 0 Å². The molecule has 0 saturated carbocycles. The number of hydrogen-bond donors (Lipinski definition) is 0. The van der Waals surface area contributed by atoms with Gasteiger partial charge in [-0.2, -0.15) is 6.07 Å². The van der Waals surface area contributed by atoms with Crippen molar-refractivity contribution in [2.45, 2.75) is 78.6 Å². The number of fused-ring (bicyclic) bond motifs is 7. The van der Waals surface area contributed by atoms with Crippen LogP contribution in [-0.4, -0.2) is 14.5 Å². The number of pyridine rings is 2. The third-order valence-electron chi connectivity index (χ3n) is 10.4. The second-order valence-corrected chi connectivity index (χ2v) is 15.1. The molecule has 238 valence electrons. The van der Waals surface area contributed by atoms with E-state index >= 15 is 0 Å². The maximum Gasteiger partial charge on any atom is 2.00 e. The van der Waals surface area contributed by atoms with Crippen molar-refractivity contribution in [3.63, 3.8) is 0 Å². The standard InChI is InChI=1S/C42H39N3O.Pt/c1-24-18-36(43-22-25(24)2)45-34-13-11-10-12-29(34)30-16-14-28(21-35(30)45)46-27-15-17-32-31(20-27)37-38-33(19-26(23-44-38)40(3,4)5)42(8,9)39(37)41(32,6)7;/h10-19,22-23H,1-9H3;/q-2;+2. The molecule has 0 saturated heterocycles. The summed E-state index contributed by atoms with van der Waals surface area (Å²) in [5.41, 5.74) is 12.8.